The van der Waals surface area contributed by atoms with Crippen LogP contribution in [-0.4, -0.2) is 16.8 Å². The van der Waals surface area contributed by atoms with Crippen molar-refractivity contribution in [3.8, 4) is 0 Å². The molecule has 2 N–H and O–H groups in total. The Morgan fingerprint density at radius 3 is 2.85 bits per heavy atom. The number of aliphatic hydroxyl groups excluding tert-OH is 2. The first-order valence-electron chi connectivity index (χ1n) is 4.30. The minimum Gasteiger partial charge on any atom is -0.396 e. The molecule has 2 rings (SSSR count). The highest BCUT2D eigenvalue weighted by atomic mass is 79.9. The first kappa shape index (κ1) is 9.19. The van der Waals surface area contributed by atoms with Crippen LogP contribution in [0.4, 0.5) is 0 Å². The molecule has 2 atom stereocenters. The topological polar surface area (TPSA) is 40.5 Å². The van der Waals surface area contributed by atoms with Crippen LogP contribution in [-0.2, 0) is 0 Å². The highest BCUT2D eigenvalue weighted by Gasteiger charge is 2.28. The number of benzene rings is 1. The maximum absolute atomic E-state index is 9.68. The SMILES string of the molecule is OC[C@H]1C[C@@H](O)c2cc(Br)ccc21. The van der Waals surface area contributed by atoms with Crippen LogP contribution in [0, 0.1) is 0 Å². The van der Waals surface area contributed by atoms with Crippen LogP contribution in [0.15, 0.2) is 22.7 Å². The van der Waals surface area contributed by atoms with E-state index >= 15 is 0 Å². The van der Waals surface area contributed by atoms with Gasteiger partial charge in [-0.3, -0.25) is 0 Å². The number of hydrogen-bond acceptors (Lipinski definition) is 2. The van der Waals surface area contributed by atoms with Gasteiger partial charge < -0.3 is 10.2 Å². The Balaban J connectivity index is 2.46. The number of rotatable bonds is 1. The van der Waals surface area contributed by atoms with Gasteiger partial charge in [0.2, 0.25) is 0 Å². The van der Waals surface area contributed by atoms with Crippen molar-refractivity contribution in [3.05, 3.63) is 33.8 Å². The highest BCUT2D eigenvalue weighted by Crippen LogP contribution is 2.40. The maximum Gasteiger partial charge on any atom is 0.0799 e. The molecule has 0 fully saturated rings. The van der Waals surface area contributed by atoms with Gasteiger partial charge in [0, 0.05) is 10.4 Å². The molecule has 0 radical (unpaired) electrons. The molecule has 0 bridgehead atoms. The van der Waals surface area contributed by atoms with Gasteiger partial charge in [0.25, 0.3) is 0 Å². The van der Waals surface area contributed by atoms with Gasteiger partial charge in [-0.25, -0.2) is 0 Å². The maximum atomic E-state index is 9.68. The van der Waals surface area contributed by atoms with E-state index in [0.717, 1.165) is 15.6 Å². The van der Waals surface area contributed by atoms with Crippen molar-refractivity contribution in [1.29, 1.82) is 0 Å². The first-order valence-corrected chi connectivity index (χ1v) is 5.10. The summed E-state index contributed by atoms with van der Waals surface area (Å²) in [6, 6.07) is 5.84. The number of fused-ring (bicyclic) bond motifs is 1. The summed E-state index contributed by atoms with van der Waals surface area (Å²) in [4.78, 5) is 0. The minimum atomic E-state index is -0.412. The van der Waals surface area contributed by atoms with Crippen LogP contribution in [0.5, 0.6) is 0 Å². The van der Waals surface area contributed by atoms with Crippen LogP contribution in [0.2, 0.25) is 0 Å². The Morgan fingerprint density at radius 2 is 2.15 bits per heavy atom. The molecule has 1 aromatic rings. The van der Waals surface area contributed by atoms with Crippen LogP contribution in [0.1, 0.15) is 29.6 Å². The second-order valence-electron chi connectivity index (χ2n) is 3.40. The van der Waals surface area contributed by atoms with Gasteiger partial charge in [0.15, 0.2) is 0 Å². The Hall–Kier alpha value is -0.380. The predicted molar refractivity (Wildman–Crippen MR) is 53.5 cm³/mol. The van der Waals surface area contributed by atoms with Gasteiger partial charge in [-0.05, 0) is 29.7 Å². The molecule has 1 aromatic carbocycles. The lowest BCUT2D eigenvalue weighted by molar-refractivity contribution is 0.158. The van der Waals surface area contributed by atoms with E-state index in [-0.39, 0.29) is 12.5 Å². The van der Waals surface area contributed by atoms with Crippen molar-refractivity contribution in [2.45, 2.75) is 18.4 Å². The standard InChI is InChI=1S/C10H11BrO2/c11-7-1-2-8-6(5-12)3-10(13)9(8)4-7/h1-2,4,6,10,12-13H,3,5H2/t6-,10-/m1/s1. The van der Waals surface area contributed by atoms with Gasteiger partial charge in [-0.2, -0.15) is 0 Å². The van der Waals surface area contributed by atoms with E-state index in [2.05, 4.69) is 15.9 Å². The zero-order valence-corrected chi connectivity index (χ0v) is 8.66. The lowest BCUT2D eigenvalue weighted by Crippen LogP contribution is -1.98. The summed E-state index contributed by atoms with van der Waals surface area (Å²) in [5.74, 6) is 0.109. The summed E-state index contributed by atoms with van der Waals surface area (Å²) in [6.07, 6.45) is 0.229. The second-order valence-corrected chi connectivity index (χ2v) is 4.32. The Morgan fingerprint density at radius 1 is 1.38 bits per heavy atom. The fourth-order valence-electron chi connectivity index (χ4n) is 1.90. The number of hydrogen-bond donors (Lipinski definition) is 2. The molecule has 0 aliphatic heterocycles. The van der Waals surface area contributed by atoms with Gasteiger partial charge in [-0.15, -0.1) is 0 Å². The summed E-state index contributed by atoms with van der Waals surface area (Å²) >= 11 is 3.36. The zero-order chi connectivity index (χ0) is 9.42. The number of halogens is 1. The molecule has 0 heterocycles. The molecule has 0 aromatic heterocycles. The van der Waals surface area contributed by atoms with Gasteiger partial charge >= 0.3 is 0 Å². The molecule has 0 unspecified atom stereocenters. The molecule has 0 spiro atoms. The quantitative estimate of drug-likeness (QED) is 0.791. The van der Waals surface area contributed by atoms with Gasteiger partial charge in [-0.1, -0.05) is 22.0 Å². The third-order valence-corrected chi connectivity index (χ3v) is 3.07. The van der Waals surface area contributed by atoms with E-state index in [0.29, 0.717) is 6.42 Å². The van der Waals surface area contributed by atoms with Crippen molar-refractivity contribution in [3.63, 3.8) is 0 Å². The van der Waals surface area contributed by atoms with E-state index in [9.17, 15) is 5.11 Å². The molecular formula is C10H11BrO2. The van der Waals surface area contributed by atoms with E-state index in [4.69, 9.17) is 5.11 Å². The Kier molecular flexibility index (Phi) is 2.41. The smallest absolute Gasteiger partial charge is 0.0799 e. The zero-order valence-electron chi connectivity index (χ0n) is 7.07. The summed E-state index contributed by atoms with van der Waals surface area (Å²) in [6.45, 7) is 0.117. The molecule has 2 nitrogen and oxygen atoms in total. The predicted octanol–water partition coefficient (Wildman–Crippen LogP) is 1.96. The van der Waals surface area contributed by atoms with Crippen LogP contribution in [0.3, 0.4) is 0 Å². The molecular weight excluding hydrogens is 232 g/mol. The van der Waals surface area contributed by atoms with Crippen LogP contribution in [0.25, 0.3) is 0 Å². The van der Waals surface area contributed by atoms with E-state index < -0.39 is 6.10 Å². The molecule has 0 saturated heterocycles. The summed E-state index contributed by atoms with van der Waals surface area (Å²) in [5, 5.41) is 18.8. The summed E-state index contributed by atoms with van der Waals surface area (Å²) in [7, 11) is 0. The lowest BCUT2D eigenvalue weighted by atomic mass is 10.0. The summed E-state index contributed by atoms with van der Waals surface area (Å²) in [5.41, 5.74) is 2.03. The molecule has 13 heavy (non-hydrogen) atoms. The van der Waals surface area contributed by atoms with Crippen molar-refractivity contribution >= 4 is 15.9 Å². The minimum absolute atomic E-state index is 0.109. The molecule has 70 valence electrons. The second kappa shape index (κ2) is 3.40. The van der Waals surface area contributed by atoms with E-state index in [1.54, 1.807) is 0 Å². The Bertz CT molecular complexity index is 325. The van der Waals surface area contributed by atoms with Crippen molar-refractivity contribution in [1.82, 2.24) is 0 Å². The third kappa shape index (κ3) is 1.52. The monoisotopic (exact) mass is 242 g/mol. The Labute approximate surface area is 85.3 Å². The molecule has 1 aliphatic rings. The third-order valence-electron chi connectivity index (χ3n) is 2.58. The lowest BCUT2D eigenvalue weighted by Gasteiger charge is -2.06. The summed E-state index contributed by atoms with van der Waals surface area (Å²) < 4.78 is 0.976. The van der Waals surface area contributed by atoms with Gasteiger partial charge in [0.1, 0.15) is 0 Å². The highest BCUT2D eigenvalue weighted by molar-refractivity contribution is 9.10. The van der Waals surface area contributed by atoms with Crippen LogP contribution >= 0.6 is 15.9 Å². The van der Waals surface area contributed by atoms with E-state index in [1.807, 2.05) is 18.2 Å². The molecule has 0 saturated carbocycles. The molecule has 0 amide bonds. The average molecular weight is 243 g/mol. The van der Waals surface area contributed by atoms with Crippen molar-refractivity contribution in [2.75, 3.05) is 6.61 Å². The molecule has 1 aliphatic carbocycles. The van der Waals surface area contributed by atoms with E-state index in [1.165, 1.54) is 0 Å². The van der Waals surface area contributed by atoms with Gasteiger partial charge in [0.05, 0.1) is 12.7 Å². The first-order chi connectivity index (χ1) is 6.22. The fourth-order valence-corrected chi connectivity index (χ4v) is 2.28. The largest absolute Gasteiger partial charge is 0.396 e. The van der Waals surface area contributed by atoms with Crippen molar-refractivity contribution < 1.29 is 10.2 Å². The normalized spacial score (nSPS) is 26.1. The average Bonchev–Trinajstić information content (AvgIpc) is 2.43. The van der Waals surface area contributed by atoms with Crippen LogP contribution < -0.4 is 0 Å². The number of aliphatic hydroxyl groups is 2. The molecule has 3 heteroatoms. The fraction of sp³-hybridized carbons (Fsp3) is 0.400. The van der Waals surface area contributed by atoms with Crippen molar-refractivity contribution in [2.24, 2.45) is 0 Å².